The number of furan rings is 1. The third kappa shape index (κ3) is 4.27. The Morgan fingerprint density at radius 2 is 2.00 bits per heavy atom. The standard InChI is InChI=1S/C17H21N3O4S.ClH/c1-19(10-13-7-9-24-12-13)25(22,23)16-4-2-14(3-5-16)17(21)20-8-6-15(18)11-20;/h2-5,7,9,12,15H,6,8,10-11,18H2,1H3;1H. The lowest BCUT2D eigenvalue weighted by atomic mass is 10.2. The number of halogens is 1. The Morgan fingerprint density at radius 1 is 1.31 bits per heavy atom. The van der Waals surface area contributed by atoms with Crippen LogP contribution in [0.15, 0.2) is 52.2 Å². The SMILES string of the molecule is CN(Cc1ccoc1)S(=O)(=O)c1ccc(C(=O)N2CCC(N)C2)cc1.Cl. The fourth-order valence-corrected chi connectivity index (χ4v) is 3.99. The monoisotopic (exact) mass is 399 g/mol. The molecule has 7 nitrogen and oxygen atoms in total. The van der Waals surface area contributed by atoms with E-state index in [2.05, 4.69) is 0 Å². The first kappa shape index (κ1) is 20.4. The largest absolute Gasteiger partial charge is 0.472 e. The zero-order valence-corrected chi connectivity index (χ0v) is 16.0. The van der Waals surface area contributed by atoms with Gasteiger partial charge in [-0.2, -0.15) is 4.31 Å². The number of likely N-dealkylation sites (tertiary alicyclic amines) is 1. The highest BCUT2D eigenvalue weighted by Crippen LogP contribution is 2.19. The molecule has 1 atom stereocenters. The Kier molecular flexibility index (Phi) is 6.46. The van der Waals surface area contributed by atoms with Crippen LogP contribution in [0.5, 0.6) is 0 Å². The van der Waals surface area contributed by atoms with Gasteiger partial charge in [0.05, 0.1) is 17.4 Å². The van der Waals surface area contributed by atoms with Crippen molar-refractivity contribution in [1.29, 1.82) is 0 Å². The first-order chi connectivity index (χ1) is 11.9. The Bertz CT molecular complexity index is 837. The van der Waals surface area contributed by atoms with Crippen LogP contribution < -0.4 is 5.73 Å². The van der Waals surface area contributed by atoms with E-state index in [1.807, 2.05) is 0 Å². The lowest BCUT2D eigenvalue weighted by Gasteiger charge is -2.18. The zero-order valence-electron chi connectivity index (χ0n) is 14.4. The van der Waals surface area contributed by atoms with Gasteiger partial charge >= 0.3 is 0 Å². The average Bonchev–Trinajstić information content (AvgIpc) is 3.26. The molecule has 2 aromatic rings. The minimum absolute atomic E-state index is 0. The van der Waals surface area contributed by atoms with Crippen LogP contribution in [-0.4, -0.2) is 49.7 Å². The summed E-state index contributed by atoms with van der Waals surface area (Å²) < 4.78 is 31.4. The number of hydrogen-bond donors (Lipinski definition) is 1. The maximum absolute atomic E-state index is 12.6. The summed E-state index contributed by atoms with van der Waals surface area (Å²) in [4.78, 5) is 14.2. The summed E-state index contributed by atoms with van der Waals surface area (Å²) >= 11 is 0. The van der Waals surface area contributed by atoms with Crippen LogP contribution in [-0.2, 0) is 16.6 Å². The van der Waals surface area contributed by atoms with Gasteiger partial charge in [0.25, 0.3) is 5.91 Å². The van der Waals surface area contributed by atoms with E-state index in [-0.39, 0.29) is 35.8 Å². The molecule has 1 aliphatic heterocycles. The van der Waals surface area contributed by atoms with Crippen LogP contribution in [0.1, 0.15) is 22.3 Å². The summed E-state index contributed by atoms with van der Waals surface area (Å²) in [7, 11) is -2.13. The Labute approximate surface area is 159 Å². The van der Waals surface area contributed by atoms with Gasteiger partial charge < -0.3 is 15.1 Å². The Balaban J connectivity index is 0.00000243. The quantitative estimate of drug-likeness (QED) is 0.825. The van der Waals surface area contributed by atoms with Gasteiger partial charge in [0.2, 0.25) is 10.0 Å². The van der Waals surface area contributed by atoms with Crippen LogP contribution in [0.2, 0.25) is 0 Å². The first-order valence-electron chi connectivity index (χ1n) is 8.00. The number of carbonyl (C=O) groups excluding carboxylic acids is 1. The van der Waals surface area contributed by atoms with E-state index in [4.69, 9.17) is 10.2 Å². The molecule has 0 spiro atoms. The van der Waals surface area contributed by atoms with Gasteiger partial charge in [0, 0.05) is 43.9 Å². The van der Waals surface area contributed by atoms with E-state index in [0.717, 1.165) is 12.0 Å². The molecule has 142 valence electrons. The second-order valence-corrected chi connectivity index (χ2v) is 8.26. The molecule has 1 aliphatic rings. The lowest BCUT2D eigenvalue weighted by molar-refractivity contribution is 0.0791. The van der Waals surface area contributed by atoms with Crippen molar-refractivity contribution in [2.45, 2.75) is 23.9 Å². The van der Waals surface area contributed by atoms with Crippen LogP contribution >= 0.6 is 12.4 Å². The molecule has 26 heavy (non-hydrogen) atoms. The minimum atomic E-state index is -3.64. The predicted molar refractivity (Wildman–Crippen MR) is 99.5 cm³/mol. The number of benzene rings is 1. The van der Waals surface area contributed by atoms with Crippen LogP contribution in [0.4, 0.5) is 0 Å². The molecule has 0 bridgehead atoms. The summed E-state index contributed by atoms with van der Waals surface area (Å²) in [6.07, 6.45) is 3.80. The minimum Gasteiger partial charge on any atom is -0.472 e. The Morgan fingerprint density at radius 3 is 2.54 bits per heavy atom. The maximum Gasteiger partial charge on any atom is 0.253 e. The summed E-state index contributed by atoms with van der Waals surface area (Å²) in [6, 6.07) is 7.75. The third-order valence-corrected chi connectivity index (χ3v) is 6.12. The molecule has 3 rings (SSSR count). The molecule has 0 saturated carbocycles. The van der Waals surface area contributed by atoms with E-state index in [0.29, 0.717) is 18.7 Å². The number of hydrogen-bond acceptors (Lipinski definition) is 5. The van der Waals surface area contributed by atoms with Crippen LogP contribution in [0.3, 0.4) is 0 Å². The number of rotatable bonds is 5. The van der Waals surface area contributed by atoms with E-state index in [1.54, 1.807) is 23.1 Å². The molecule has 1 unspecified atom stereocenters. The molecule has 0 radical (unpaired) electrons. The molecular formula is C17H22ClN3O4S. The van der Waals surface area contributed by atoms with Crippen molar-refractivity contribution in [3.05, 3.63) is 54.0 Å². The average molecular weight is 400 g/mol. The molecule has 0 aliphatic carbocycles. The summed E-state index contributed by atoms with van der Waals surface area (Å²) in [5, 5.41) is 0. The summed E-state index contributed by atoms with van der Waals surface area (Å²) in [6.45, 7) is 1.38. The molecule has 2 heterocycles. The van der Waals surface area contributed by atoms with E-state index >= 15 is 0 Å². The van der Waals surface area contributed by atoms with Crippen molar-refractivity contribution in [2.24, 2.45) is 5.73 Å². The highest BCUT2D eigenvalue weighted by atomic mass is 35.5. The maximum atomic E-state index is 12.6. The molecule has 9 heteroatoms. The summed E-state index contributed by atoms with van der Waals surface area (Å²) in [5.41, 5.74) is 7.06. The van der Waals surface area contributed by atoms with Gasteiger partial charge in [0.1, 0.15) is 0 Å². The molecule has 1 amide bonds. The number of amides is 1. The van der Waals surface area contributed by atoms with E-state index < -0.39 is 10.0 Å². The number of nitrogens with zero attached hydrogens (tertiary/aromatic N) is 2. The molecular weight excluding hydrogens is 378 g/mol. The normalized spacial score (nSPS) is 17.3. The van der Waals surface area contributed by atoms with Crippen molar-refractivity contribution in [3.8, 4) is 0 Å². The smallest absolute Gasteiger partial charge is 0.253 e. The zero-order chi connectivity index (χ0) is 18.0. The van der Waals surface area contributed by atoms with Gasteiger partial charge in [-0.3, -0.25) is 4.79 Å². The first-order valence-corrected chi connectivity index (χ1v) is 9.44. The number of nitrogens with two attached hydrogens (primary N) is 1. The van der Waals surface area contributed by atoms with E-state index in [9.17, 15) is 13.2 Å². The van der Waals surface area contributed by atoms with Crippen molar-refractivity contribution >= 4 is 28.3 Å². The lowest BCUT2D eigenvalue weighted by Crippen LogP contribution is -2.32. The Hall–Kier alpha value is -1.87. The molecule has 1 aromatic carbocycles. The van der Waals surface area contributed by atoms with Crippen LogP contribution in [0, 0.1) is 0 Å². The second-order valence-electron chi connectivity index (χ2n) is 6.22. The van der Waals surface area contributed by atoms with E-state index in [1.165, 1.54) is 36.0 Å². The van der Waals surface area contributed by atoms with Gasteiger partial charge in [-0.15, -0.1) is 12.4 Å². The highest BCUT2D eigenvalue weighted by molar-refractivity contribution is 7.89. The summed E-state index contributed by atoms with van der Waals surface area (Å²) in [5.74, 6) is -0.122. The molecule has 1 aromatic heterocycles. The van der Waals surface area contributed by atoms with Crippen molar-refractivity contribution in [2.75, 3.05) is 20.1 Å². The van der Waals surface area contributed by atoms with Gasteiger partial charge in [0.15, 0.2) is 0 Å². The fourth-order valence-electron chi connectivity index (χ4n) is 2.83. The molecule has 1 fully saturated rings. The number of carbonyl (C=O) groups is 1. The van der Waals surface area contributed by atoms with Gasteiger partial charge in [-0.1, -0.05) is 0 Å². The topological polar surface area (TPSA) is 96.8 Å². The predicted octanol–water partition coefficient (Wildman–Crippen LogP) is 1.70. The second kappa shape index (κ2) is 8.22. The fraction of sp³-hybridized carbons (Fsp3) is 0.353. The molecule has 2 N–H and O–H groups in total. The number of sulfonamides is 1. The third-order valence-electron chi connectivity index (χ3n) is 4.31. The van der Waals surface area contributed by atoms with Crippen molar-refractivity contribution in [1.82, 2.24) is 9.21 Å². The molecule has 1 saturated heterocycles. The highest BCUT2D eigenvalue weighted by Gasteiger charge is 2.26. The van der Waals surface area contributed by atoms with Crippen molar-refractivity contribution < 1.29 is 17.6 Å². The van der Waals surface area contributed by atoms with Gasteiger partial charge in [-0.05, 0) is 36.8 Å². The van der Waals surface area contributed by atoms with Crippen LogP contribution in [0.25, 0.3) is 0 Å². The van der Waals surface area contributed by atoms with Crippen molar-refractivity contribution in [3.63, 3.8) is 0 Å². The van der Waals surface area contributed by atoms with Gasteiger partial charge in [-0.25, -0.2) is 8.42 Å².